The SMILES string of the molecule is CNC(c1ccn(C)n1)c1cc(C)c(C)cc1C. The standard InChI is InChI=1S/C15H21N3/c1-10-8-12(3)13(9-11(10)2)15(16-4)14-6-7-18(5)17-14/h6-9,15-16H,1-5H3. The molecule has 2 rings (SSSR count). The van der Waals surface area contributed by atoms with Crippen LogP contribution in [-0.4, -0.2) is 16.8 Å². The molecule has 1 unspecified atom stereocenters. The fraction of sp³-hybridized carbons (Fsp3) is 0.400. The fourth-order valence-corrected chi connectivity index (χ4v) is 2.34. The van der Waals surface area contributed by atoms with Crippen molar-refractivity contribution in [3.63, 3.8) is 0 Å². The summed E-state index contributed by atoms with van der Waals surface area (Å²) in [5.41, 5.74) is 6.34. The van der Waals surface area contributed by atoms with Gasteiger partial charge in [0.15, 0.2) is 0 Å². The first kappa shape index (κ1) is 12.8. The van der Waals surface area contributed by atoms with Gasteiger partial charge in [0.1, 0.15) is 0 Å². The van der Waals surface area contributed by atoms with Crippen LogP contribution in [-0.2, 0) is 7.05 Å². The van der Waals surface area contributed by atoms with Gasteiger partial charge < -0.3 is 5.32 Å². The van der Waals surface area contributed by atoms with Crippen molar-refractivity contribution in [3.05, 3.63) is 52.3 Å². The molecule has 1 aromatic carbocycles. The molecule has 1 atom stereocenters. The topological polar surface area (TPSA) is 29.9 Å². The molecule has 0 bridgehead atoms. The van der Waals surface area contributed by atoms with Crippen molar-refractivity contribution >= 4 is 0 Å². The third kappa shape index (κ3) is 2.31. The van der Waals surface area contributed by atoms with Gasteiger partial charge in [-0.3, -0.25) is 4.68 Å². The second kappa shape index (κ2) is 4.94. The van der Waals surface area contributed by atoms with E-state index in [4.69, 9.17) is 0 Å². The van der Waals surface area contributed by atoms with Gasteiger partial charge in [-0.05, 0) is 56.1 Å². The summed E-state index contributed by atoms with van der Waals surface area (Å²) in [4.78, 5) is 0. The highest BCUT2D eigenvalue weighted by Crippen LogP contribution is 2.25. The zero-order valence-corrected chi connectivity index (χ0v) is 11.8. The van der Waals surface area contributed by atoms with Gasteiger partial charge in [-0.2, -0.15) is 5.10 Å². The molecule has 0 saturated heterocycles. The molecule has 0 aliphatic rings. The third-order valence-electron chi connectivity index (χ3n) is 3.51. The van der Waals surface area contributed by atoms with Crippen LogP contribution in [0.3, 0.4) is 0 Å². The molecular formula is C15H21N3. The molecule has 96 valence electrons. The molecule has 2 aromatic rings. The summed E-state index contributed by atoms with van der Waals surface area (Å²) in [7, 11) is 3.93. The van der Waals surface area contributed by atoms with Crippen molar-refractivity contribution in [2.24, 2.45) is 7.05 Å². The van der Waals surface area contributed by atoms with Crippen LogP contribution in [0.2, 0.25) is 0 Å². The van der Waals surface area contributed by atoms with Crippen LogP contribution in [0.25, 0.3) is 0 Å². The van der Waals surface area contributed by atoms with Gasteiger partial charge in [-0.15, -0.1) is 0 Å². The summed E-state index contributed by atoms with van der Waals surface area (Å²) in [6, 6.07) is 6.74. The van der Waals surface area contributed by atoms with E-state index in [-0.39, 0.29) is 6.04 Å². The van der Waals surface area contributed by atoms with E-state index in [2.05, 4.69) is 49.4 Å². The van der Waals surface area contributed by atoms with Crippen LogP contribution >= 0.6 is 0 Å². The van der Waals surface area contributed by atoms with Crippen LogP contribution in [0.5, 0.6) is 0 Å². The van der Waals surface area contributed by atoms with Gasteiger partial charge in [-0.1, -0.05) is 12.1 Å². The first-order chi connectivity index (χ1) is 8.52. The highest BCUT2D eigenvalue weighted by Gasteiger charge is 2.17. The number of rotatable bonds is 3. The van der Waals surface area contributed by atoms with Gasteiger partial charge >= 0.3 is 0 Å². The maximum atomic E-state index is 4.51. The third-order valence-corrected chi connectivity index (χ3v) is 3.51. The lowest BCUT2D eigenvalue weighted by Gasteiger charge is -2.18. The zero-order valence-electron chi connectivity index (χ0n) is 11.8. The summed E-state index contributed by atoms with van der Waals surface area (Å²) in [6.07, 6.45) is 1.98. The highest BCUT2D eigenvalue weighted by atomic mass is 15.3. The van der Waals surface area contributed by atoms with Gasteiger partial charge in [-0.25, -0.2) is 0 Å². The lowest BCUT2D eigenvalue weighted by molar-refractivity contribution is 0.638. The molecule has 3 nitrogen and oxygen atoms in total. The Hall–Kier alpha value is -1.61. The van der Waals surface area contributed by atoms with Crippen molar-refractivity contribution < 1.29 is 0 Å². The molecule has 0 amide bonds. The van der Waals surface area contributed by atoms with Gasteiger partial charge in [0.25, 0.3) is 0 Å². The summed E-state index contributed by atoms with van der Waals surface area (Å²) < 4.78 is 1.84. The Labute approximate surface area is 109 Å². The minimum Gasteiger partial charge on any atom is -0.308 e. The van der Waals surface area contributed by atoms with E-state index in [1.165, 1.54) is 22.3 Å². The molecule has 1 aromatic heterocycles. The van der Waals surface area contributed by atoms with Crippen LogP contribution in [0.1, 0.15) is 34.0 Å². The minimum atomic E-state index is 0.158. The summed E-state index contributed by atoms with van der Waals surface area (Å²) in [5.74, 6) is 0. The van der Waals surface area contributed by atoms with Gasteiger partial charge in [0, 0.05) is 13.2 Å². The quantitative estimate of drug-likeness (QED) is 0.898. The van der Waals surface area contributed by atoms with Gasteiger partial charge in [0.2, 0.25) is 0 Å². The highest BCUT2D eigenvalue weighted by molar-refractivity contribution is 5.41. The Morgan fingerprint density at radius 2 is 1.78 bits per heavy atom. The number of nitrogens with one attached hydrogen (secondary N) is 1. The van der Waals surface area contributed by atoms with E-state index in [0.717, 1.165) is 5.69 Å². The largest absolute Gasteiger partial charge is 0.308 e. The summed E-state index contributed by atoms with van der Waals surface area (Å²) >= 11 is 0. The Morgan fingerprint density at radius 3 is 2.33 bits per heavy atom. The van der Waals surface area contributed by atoms with E-state index in [0.29, 0.717) is 0 Å². The molecule has 0 aliphatic heterocycles. The first-order valence-corrected chi connectivity index (χ1v) is 6.27. The number of hydrogen-bond acceptors (Lipinski definition) is 2. The predicted molar refractivity (Wildman–Crippen MR) is 74.8 cm³/mol. The van der Waals surface area contributed by atoms with Crippen molar-refractivity contribution in [2.45, 2.75) is 26.8 Å². The van der Waals surface area contributed by atoms with Crippen molar-refractivity contribution in [3.8, 4) is 0 Å². The molecule has 1 heterocycles. The van der Waals surface area contributed by atoms with Crippen molar-refractivity contribution in [1.82, 2.24) is 15.1 Å². The van der Waals surface area contributed by atoms with E-state index in [9.17, 15) is 0 Å². The molecule has 0 spiro atoms. The van der Waals surface area contributed by atoms with Crippen LogP contribution in [0.4, 0.5) is 0 Å². The Kier molecular flexibility index (Phi) is 3.53. The molecule has 18 heavy (non-hydrogen) atoms. The van der Waals surface area contributed by atoms with Crippen molar-refractivity contribution in [2.75, 3.05) is 7.05 Å². The normalized spacial score (nSPS) is 12.7. The number of benzene rings is 1. The average molecular weight is 243 g/mol. The monoisotopic (exact) mass is 243 g/mol. The molecule has 3 heteroatoms. The lowest BCUT2D eigenvalue weighted by atomic mass is 9.94. The fourth-order valence-electron chi connectivity index (χ4n) is 2.34. The van der Waals surface area contributed by atoms with E-state index in [1.54, 1.807) is 0 Å². The van der Waals surface area contributed by atoms with Crippen molar-refractivity contribution in [1.29, 1.82) is 0 Å². The average Bonchev–Trinajstić information content (AvgIpc) is 2.73. The lowest BCUT2D eigenvalue weighted by Crippen LogP contribution is -2.19. The van der Waals surface area contributed by atoms with E-state index in [1.807, 2.05) is 25.0 Å². The number of nitrogens with zero attached hydrogens (tertiary/aromatic N) is 2. The maximum absolute atomic E-state index is 4.51. The molecule has 0 saturated carbocycles. The molecular weight excluding hydrogens is 222 g/mol. The van der Waals surface area contributed by atoms with Crippen LogP contribution in [0, 0.1) is 20.8 Å². The maximum Gasteiger partial charge on any atom is 0.0839 e. The minimum absolute atomic E-state index is 0.158. The summed E-state index contributed by atoms with van der Waals surface area (Å²) in [6.45, 7) is 6.47. The van der Waals surface area contributed by atoms with E-state index < -0.39 is 0 Å². The second-order valence-electron chi connectivity index (χ2n) is 4.93. The number of hydrogen-bond donors (Lipinski definition) is 1. The molecule has 0 aliphatic carbocycles. The van der Waals surface area contributed by atoms with Crippen LogP contribution < -0.4 is 5.32 Å². The smallest absolute Gasteiger partial charge is 0.0839 e. The number of aryl methyl sites for hydroxylation is 4. The summed E-state index contributed by atoms with van der Waals surface area (Å²) in [5, 5.41) is 7.87. The Bertz CT molecular complexity index is 555. The van der Waals surface area contributed by atoms with Crippen LogP contribution in [0.15, 0.2) is 24.4 Å². The Balaban J connectivity index is 2.48. The second-order valence-corrected chi connectivity index (χ2v) is 4.93. The number of aromatic nitrogens is 2. The first-order valence-electron chi connectivity index (χ1n) is 6.27. The van der Waals surface area contributed by atoms with E-state index >= 15 is 0 Å². The molecule has 0 radical (unpaired) electrons. The predicted octanol–water partition coefficient (Wildman–Crippen LogP) is 2.65. The zero-order chi connectivity index (χ0) is 13.3. The van der Waals surface area contributed by atoms with Gasteiger partial charge in [0.05, 0.1) is 11.7 Å². The Morgan fingerprint density at radius 1 is 1.11 bits per heavy atom. The molecule has 0 fully saturated rings. The molecule has 1 N–H and O–H groups in total.